The summed E-state index contributed by atoms with van der Waals surface area (Å²) in [6.07, 6.45) is 1.72. The molecule has 2 aromatic carbocycles. The van der Waals surface area contributed by atoms with Crippen molar-refractivity contribution in [2.24, 2.45) is 0 Å². The number of aromatic nitrogens is 1. The Morgan fingerprint density at radius 2 is 1.85 bits per heavy atom. The summed E-state index contributed by atoms with van der Waals surface area (Å²) in [4.78, 5) is 19.2. The molecule has 1 aliphatic rings. The summed E-state index contributed by atoms with van der Waals surface area (Å²) in [5, 5.41) is 1.01. The lowest BCUT2D eigenvalue weighted by atomic mass is 10.1. The van der Waals surface area contributed by atoms with Crippen molar-refractivity contribution < 1.29 is 14.3 Å². The predicted molar refractivity (Wildman–Crippen MR) is 99.2 cm³/mol. The number of fused-ring (bicyclic) bond motifs is 1. The first-order chi connectivity index (χ1) is 12.8. The molecule has 0 saturated carbocycles. The molecule has 1 fully saturated rings. The molecule has 3 aromatic rings. The van der Waals surface area contributed by atoms with E-state index in [4.69, 9.17) is 9.47 Å². The highest BCUT2D eigenvalue weighted by atomic mass is 16.5. The van der Waals surface area contributed by atoms with Gasteiger partial charge in [0.25, 0.3) is 0 Å². The Hall–Kier alpha value is -2.76. The van der Waals surface area contributed by atoms with E-state index >= 15 is 0 Å². The normalized spacial score (nSPS) is 15.1. The van der Waals surface area contributed by atoms with Gasteiger partial charge in [0.05, 0.1) is 18.8 Å². The molecule has 0 unspecified atom stereocenters. The average molecular weight is 348 g/mol. The third-order valence-corrected chi connectivity index (χ3v) is 4.53. The van der Waals surface area contributed by atoms with E-state index < -0.39 is 0 Å². The summed E-state index contributed by atoms with van der Waals surface area (Å²) >= 11 is 0. The number of morpholine rings is 1. The first-order valence-corrected chi connectivity index (χ1v) is 8.75. The standard InChI is InChI=1S/C21H20N2O3/c24-21(16-5-2-1-3-6-16)26-19-9-8-17(15-23-11-13-25-14-12-23)18-7-4-10-22-20(18)19/h1-10H,11-15H2. The van der Waals surface area contributed by atoms with E-state index in [1.807, 2.05) is 42.5 Å². The van der Waals surface area contributed by atoms with Crippen LogP contribution >= 0.6 is 0 Å². The molecule has 0 amide bonds. The lowest BCUT2D eigenvalue weighted by Crippen LogP contribution is -2.35. The molecule has 0 atom stereocenters. The van der Waals surface area contributed by atoms with E-state index in [1.54, 1.807) is 18.3 Å². The summed E-state index contributed by atoms with van der Waals surface area (Å²) < 4.78 is 11.0. The van der Waals surface area contributed by atoms with Crippen LogP contribution in [0.15, 0.2) is 60.8 Å². The minimum atomic E-state index is -0.376. The molecule has 0 spiro atoms. The van der Waals surface area contributed by atoms with E-state index in [2.05, 4.69) is 9.88 Å². The van der Waals surface area contributed by atoms with Crippen molar-refractivity contribution in [3.8, 4) is 5.75 Å². The molecule has 2 heterocycles. The minimum Gasteiger partial charge on any atom is -0.421 e. The smallest absolute Gasteiger partial charge is 0.343 e. The average Bonchev–Trinajstić information content (AvgIpc) is 2.71. The topological polar surface area (TPSA) is 51.7 Å². The van der Waals surface area contributed by atoms with Crippen LogP contribution in [0.3, 0.4) is 0 Å². The molecular weight excluding hydrogens is 328 g/mol. The van der Waals surface area contributed by atoms with Crippen LogP contribution in [-0.4, -0.2) is 42.2 Å². The molecule has 5 nitrogen and oxygen atoms in total. The maximum atomic E-state index is 12.4. The number of carbonyl (C=O) groups is 1. The quantitative estimate of drug-likeness (QED) is 0.535. The van der Waals surface area contributed by atoms with Crippen LogP contribution in [0.1, 0.15) is 15.9 Å². The van der Waals surface area contributed by atoms with E-state index in [-0.39, 0.29) is 5.97 Å². The van der Waals surface area contributed by atoms with Crippen molar-refractivity contribution in [2.45, 2.75) is 6.54 Å². The zero-order valence-corrected chi connectivity index (χ0v) is 14.4. The summed E-state index contributed by atoms with van der Waals surface area (Å²) in [5.74, 6) is 0.110. The van der Waals surface area contributed by atoms with Crippen molar-refractivity contribution in [3.05, 3.63) is 71.9 Å². The molecule has 0 aliphatic carbocycles. The first kappa shape index (κ1) is 16.7. The number of carbonyl (C=O) groups excluding carboxylic acids is 1. The van der Waals surface area contributed by atoms with Gasteiger partial charge in [-0.2, -0.15) is 0 Å². The molecule has 5 heteroatoms. The fourth-order valence-electron chi connectivity index (χ4n) is 3.16. The highest BCUT2D eigenvalue weighted by Gasteiger charge is 2.16. The third kappa shape index (κ3) is 3.59. The van der Waals surface area contributed by atoms with Crippen LogP contribution in [0.2, 0.25) is 0 Å². The number of hydrogen-bond acceptors (Lipinski definition) is 5. The lowest BCUT2D eigenvalue weighted by molar-refractivity contribution is 0.0343. The largest absolute Gasteiger partial charge is 0.421 e. The number of esters is 1. The van der Waals surface area contributed by atoms with Gasteiger partial charge in [-0.05, 0) is 29.8 Å². The third-order valence-electron chi connectivity index (χ3n) is 4.53. The van der Waals surface area contributed by atoms with Gasteiger partial charge in [-0.1, -0.05) is 30.3 Å². The number of ether oxygens (including phenoxy) is 2. The summed E-state index contributed by atoms with van der Waals surface area (Å²) in [6, 6.07) is 16.8. The molecule has 1 saturated heterocycles. The van der Waals surface area contributed by atoms with Crippen LogP contribution in [0.25, 0.3) is 10.9 Å². The molecule has 0 bridgehead atoms. The second kappa shape index (κ2) is 7.64. The number of pyridine rings is 1. The molecule has 0 N–H and O–H groups in total. The van der Waals surface area contributed by atoms with Crippen LogP contribution in [0, 0.1) is 0 Å². The number of benzene rings is 2. The number of hydrogen-bond donors (Lipinski definition) is 0. The zero-order chi connectivity index (χ0) is 17.8. The van der Waals surface area contributed by atoms with E-state index in [0.717, 1.165) is 38.2 Å². The van der Waals surface area contributed by atoms with Crippen molar-refractivity contribution in [2.75, 3.05) is 26.3 Å². The minimum absolute atomic E-state index is 0.376. The van der Waals surface area contributed by atoms with Crippen molar-refractivity contribution in [1.82, 2.24) is 9.88 Å². The van der Waals surface area contributed by atoms with Gasteiger partial charge in [0.2, 0.25) is 0 Å². The number of rotatable bonds is 4. The van der Waals surface area contributed by atoms with Crippen LogP contribution in [0.5, 0.6) is 5.75 Å². The van der Waals surface area contributed by atoms with Gasteiger partial charge in [0.15, 0.2) is 5.75 Å². The van der Waals surface area contributed by atoms with Gasteiger partial charge in [0, 0.05) is 31.2 Å². The summed E-state index contributed by atoms with van der Waals surface area (Å²) in [7, 11) is 0. The Kier molecular flexibility index (Phi) is 4.91. The molecule has 1 aliphatic heterocycles. The Balaban J connectivity index is 1.62. The maximum absolute atomic E-state index is 12.4. The predicted octanol–water partition coefficient (Wildman–Crippen LogP) is 3.29. The monoisotopic (exact) mass is 348 g/mol. The summed E-state index contributed by atoms with van der Waals surface area (Å²) in [5.41, 5.74) is 2.41. The fraction of sp³-hybridized carbons (Fsp3) is 0.238. The van der Waals surface area contributed by atoms with Crippen molar-refractivity contribution >= 4 is 16.9 Å². The Bertz CT molecular complexity index is 906. The van der Waals surface area contributed by atoms with Crippen molar-refractivity contribution in [1.29, 1.82) is 0 Å². The number of nitrogens with zero attached hydrogens (tertiary/aromatic N) is 2. The van der Waals surface area contributed by atoms with Crippen LogP contribution < -0.4 is 4.74 Å². The van der Waals surface area contributed by atoms with Crippen LogP contribution in [0.4, 0.5) is 0 Å². The van der Waals surface area contributed by atoms with Crippen LogP contribution in [-0.2, 0) is 11.3 Å². The maximum Gasteiger partial charge on any atom is 0.343 e. The summed E-state index contributed by atoms with van der Waals surface area (Å²) in [6.45, 7) is 4.21. The molecule has 132 valence electrons. The molecule has 26 heavy (non-hydrogen) atoms. The van der Waals surface area contributed by atoms with Gasteiger partial charge in [-0.3, -0.25) is 9.88 Å². The van der Waals surface area contributed by atoms with Gasteiger partial charge in [-0.25, -0.2) is 4.79 Å². The SMILES string of the molecule is O=C(Oc1ccc(CN2CCOCC2)c2cccnc12)c1ccccc1. The van der Waals surface area contributed by atoms with E-state index in [0.29, 0.717) is 16.8 Å². The van der Waals surface area contributed by atoms with Gasteiger partial charge < -0.3 is 9.47 Å². The molecule has 1 aromatic heterocycles. The zero-order valence-electron chi connectivity index (χ0n) is 14.4. The van der Waals surface area contributed by atoms with E-state index in [1.165, 1.54) is 5.56 Å². The highest BCUT2D eigenvalue weighted by Crippen LogP contribution is 2.28. The lowest BCUT2D eigenvalue weighted by Gasteiger charge is -2.27. The fourth-order valence-corrected chi connectivity index (χ4v) is 3.16. The Morgan fingerprint density at radius 1 is 1.04 bits per heavy atom. The first-order valence-electron chi connectivity index (χ1n) is 8.75. The Labute approximate surface area is 152 Å². The molecular formula is C21H20N2O3. The van der Waals surface area contributed by atoms with Gasteiger partial charge in [0.1, 0.15) is 5.52 Å². The highest BCUT2D eigenvalue weighted by molar-refractivity contribution is 5.95. The Morgan fingerprint density at radius 3 is 2.65 bits per heavy atom. The van der Waals surface area contributed by atoms with Gasteiger partial charge in [-0.15, -0.1) is 0 Å². The molecule has 0 radical (unpaired) electrons. The second-order valence-corrected chi connectivity index (χ2v) is 6.27. The van der Waals surface area contributed by atoms with E-state index in [9.17, 15) is 4.79 Å². The second-order valence-electron chi connectivity index (χ2n) is 6.27. The van der Waals surface area contributed by atoms with Crippen molar-refractivity contribution in [3.63, 3.8) is 0 Å². The van der Waals surface area contributed by atoms with Gasteiger partial charge >= 0.3 is 5.97 Å². The molecule has 4 rings (SSSR count).